The fourth-order valence-electron chi connectivity index (χ4n) is 2.92. The van der Waals surface area contributed by atoms with Crippen LogP contribution >= 0.6 is 11.6 Å². The van der Waals surface area contributed by atoms with Crippen molar-refractivity contribution >= 4 is 35.1 Å². The van der Waals surface area contributed by atoms with Crippen LogP contribution in [0.5, 0.6) is 0 Å². The summed E-state index contributed by atoms with van der Waals surface area (Å²) in [5.74, 6) is -2.45. The first-order valence-corrected chi connectivity index (χ1v) is 10.1. The summed E-state index contributed by atoms with van der Waals surface area (Å²) in [7, 11) is 0. The molecule has 0 heterocycles. The van der Waals surface area contributed by atoms with Crippen molar-refractivity contribution in [2.75, 3.05) is 11.9 Å². The zero-order valence-corrected chi connectivity index (χ0v) is 17.6. The topological polar surface area (TPSA) is 84.5 Å². The molecule has 8 heteroatoms. The second-order valence-corrected chi connectivity index (χ2v) is 7.28. The monoisotopic (exact) mass is 454 g/mol. The third-order valence-corrected chi connectivity index (χ3v) is 4.72. The Morgan fingerprint density at radius 3 is 2.25 bits per heavy atom. The summed E-state index contributed by atoms with van der Waals surface area (Å²) in [4.78, 5) is 36.9. The van der Waals surface area contributed by atoms with Gasteiger partial charge in [0.1, 0.15) is 5.82 Å². The Kier molecular flexibility index (Phi) is 7.94. The number of halogens is 2. The Bertz CT molecular complexity index is 1090. The summed E-state index contributed by atoms with van der Waals surface area (Å²) in [5.41, 5.74) is 1.08. The fourth-order valence-corrected chi connectivity index (χ4v) is 3.08. The van der Waals surface area contributed by atoms with E-state index in [1.165, 1.54) is 12.1 Å². The lowest BCUT2D eigenvalue weighted by Gasteiger charge is -2.19. The molecule has 0 aliphatic rings. The summed E-state index contributed by atoms with van der Waals surface area (Å²) in [6, 6.07) is 20.7. The maximum absolute atomic E-state index is 13.8. The third-order valence-electron chi connectivity index (χ3n) is 4.48. The molecule has 1 unspecified atom stereocenters. The molecular weight excluding hydrogens is 435 g/mol. The molecule has 0 aromatic heterocycles. The van der Waals surface area contributed by atoms with Gasteiger partial charge in [0, 0.05) is 10.6 Å². The molecule has 0 saturated carbocycles. The van der Waals surface area contributed by atoms with E-state index in [1.807, 2.05) is 6.07 Å². The van der Waals surface area contributed by atoms with Gasteiger partial charge in [0.25, 0.3) is 11.8 Å². The number of carbonyl (C=O) groups is 3. The van der Waals surface area contributed by atoms with E-state index in [9.17, 15) is 18.8 Å². The highest BCUT2D eigenvalue weighted by Crippen LogP contribution is 2.20. The number of ether oxygens (including phenoxy) is 1. The zero-order valence-electron chi connectivity index (χ0n) is 16.9. The van der Waals surface area contributed by atoms with Crippen LogP contribution in [0.4, 0.5) is 10.1 Å². The number of carbonyl (C=O) groups excluding carboxylic acids is 3. The predicted octanol–water partition coefficient (Wildman–Crippen LogP) is 4.52. The minimum absolute atomic E-state index is 0.0762. The standard InChI is InChI=1S/C24H20ClFN2O4/c25-18-11-12-20(19(26)13-18)27-22(29)15-32-23(30)14-21(16-7-3-1-4-8-16)28-24(31)17-9-5-2-6-10-17/h1-13,21H,14-15H2,(H,27,29)(H,28,31). The van der Waals surface area contributed by atoms with Gasteiger partial charge in [-0.05, 0) is 35.9 Å². The highest BCUT2D eigenvalue weighted by molar-refractivity contribution is 6.30. The van der Waals surface area contributed by atoms with Crippen LogP contribution in [0.1, 0.15) is 28.4 Å². The molecule has 0 fully saturated rings. The predicted molar refractivity (Wildman–Crippen MR) is 119 cm³/mol. The van der Waals surface area contributed by atoms with Crippen molar-refractivity contribution in [1.29, 1.82) is 0 Å². The molecule has 32 heavy (non-hydrogen) atoms. The molecule has 6 nitrogen and oxygen atoms in total. The number of benzene rings is 3. The molecule has 3 aromatic carbocycles. The maximum atomic E-state index is 13.8. The van der Waals surface area contributed by atoms with Gasteiger partial charge in [-0.3, -0.25) is 14.4 Å². The SMILES string of the molecule is O=C(COC(=O)CC(NC(=O)c1ccccc1)c1ccccc1)Nc1ccc(Cl)cc1F. The first-order chi connectivity index (χ1) is 15.4. The Morgan fingerprint density at radius 2 is 1.59 bits per heavy atom. The second kappa shape index (κ2) is 11.1. The molecular formula is C24H20ClFN2O4. The van der Waals surface area contributed by atoms with Crippen molar-refractivity contribution < 1.29 is 23.5 Å². The molecule has 164 valence electrons. The molecule has 0 spiro atoms. The summed E-state index contributed by atoms with van der Waals surface area (Å²) in [6.07, 6.45) is -0.189. The van der Waals surface area contributed by atoms with E-state index >= 15 is 0 Å². The van der Waals surface area contributed by atoms with E-state index in [4.69, 9.17) is 16.3 Å². The summed E-state index contributed by atoms with van der Waals surface area (Å²) in [5, 5.41) is 5.32. The Morgan fingerprint density at radius 1 is 0.938 bits per heavy atom. The number of hydrogen-bond donors (Lipinski definition) is 2. The van der Waals surface area contributed by atoms with Crippen molar-refractivity contribution in [1.82, 2.24) is 5.32 Å². The Labute approximate surface area is 189 Å². The van der Waals surface area contributed by atoms with Gasteiger partial charge in [0.15, 0.2) is 6.61 Å². The van der Waals surface area contributed by atoms with Gasteiger partial charge in [-0.1, -0.05) is 60.1 Å². The summed E-state index contributed by atoms with van der Waals surface area (Å²) < 4.78 is 18.8. The lowest BCUT2D eigenvalue weighted by Crippen LogP contribution is -2.31. The van der Waals surface area contributed by atoms with Crippen LogP contribution in [-0.2, 0) is 14.3 Å². The summed E-state index contributed by atoms with van der Waals surface area (Å²) in [6.45, 7) is -0.602. The first kappa shape index (κ1) is 23.0. The lowest BCUT2D eigenvalue weighted by atomic mass is 10.0. The maximum Gasteiger partial charge on any atom is 0.308 e. The molecule has 2 amide bonds. The lowest BCUT2D eigenvalue weighted by molar-refractivity contribution is -0.147. The molecule has 3 aromatic rings. The quantitative estimate of drug-likeness (QED) is 0.490. The van der Waals surface area contributed by atoms with E-state index < -0.39 is 30.3 Å². The Hall–Kier alpha value is -3.71. The molecule has 1 atom stereocenters. The van der Waals surface area contributed by atoms with Crippen molar-refractivity contribution in [3.63, 3.8) is 0 Å². The highest BCUT2D eigenvalue weighted by atomic mass is 35.5. The van der Waals surface area contributed by atoms with Gasteiger partial charge >= 0.3 is 5.97 Å². The van der Waals surface area contributed by atoms with E-state index in [0.717, 1.165) is 6.07 Å². The van der Waals surface area contributed by atoms with E-state index in [2.05, 4.69) is 10.6 Å². The largest absolute Gasteiger partial charge is 0.455 e. The van der Waals surface area contributed by atoms with E-state index in [0.29, 0.717) is 11.1 Å². The smallest absolute Gasteiger partial charge is 0.308 e. The van der Waals surface area contributed by atoms with Crippen molar-refractivity contribution in [3.8, 4) is 0 Å². The van der Waals surface area contributed by atoms with Crippen LogP contribution in [0, 0.1) is 5.82 Å². The average molecular weight is 455 g/mol. The zero-order chi connectivity index (χ0) is 22.9. The molecule has 0 radical (unpaired) electrons. The van der Waals surface area contributed by atoms with Crippen molar-refractivity contribution in [2.24, 2.45) is 0 Å². The minimum atomic E-state index is -0.704. The number of esters is 1. The summed E-state index contributed by atoms with van der Waals surface area (Å²) >= 11 is 5.68. The molecule has 0 aliphatic heterocycles. The van der Waals surface area contributed by atoms with Gasteiger partial charge in [-0.25, -0.2) is 4.39 Å². The van der Waals surface area contributed by atoms with Crippen LogP contribution in [0.25, 0.3) is 0 Å². The molecule has 0 aliphatic carbocycles. The van der Waals surface area contributed by atoms with Crippen LogP contribution in [0.15, 0.2) is 78.9 Å². The van der Waals surface area contributed by atoms with Crippen molar-refractivity contribution in [3.05, 3.63) is 101 Å². The van der Waals surface area contributed by atoms with Gasteiger partial charge < -0.3 is 15.4 Å². The fraction of sp³-hybridized carbons (Fsp3) is 0.125. The second-order valence-electron chi connectivity index (χ2n) is 6.84. The normalized spacial score (nSPS) is 11.3. The van der Waals surface area contributed by atoms with Crippen LogP contribution in [0.3, 0.4) is 0 Å². The average Bonchev–Trinajstić information content (AvgIpc) is 2.80. The van der Waals surface area contributed by atoms with Crippen LogP contribution < -0.4 is 10.6 Å². The van der Waals surface area contributed by atoms with E-state index in [1.54, 1.807) is 54.6 Å². The van der Waals surface area contributed by atoms with Gasteiger partial charge in [0.2, 0.25) is 0 Å². The molecule has 0 bridgehead atoms. The van der Waals surface area contributed by atoms with Crippen LogP contribution in [-0.4, -0.2) is 24.4 Å². The number of rotatable bonds is 8. The number of amides is 2. The van der Waals surface area contributed by atoms with E-state index in [-0.39, 0.29) is 23.0 Å². The van der Waals surface area contributed by atoms with Crippen molar-refractivity contribution in [2.45, 2.75) is 12.5 Å². The van der Waals surface area contributed by atoms with Gasteiger partial charge in [-0.2, -0.15) is 0 Å². The number of hydrogen-bond acceptors (Lipinski definition) is 4. The number of nitrogens with one attached hydrogen (secondary N) is 2. The minimum Gasteiger partial charge on any atom is -0.455 e. The van der Waals surface area contributed by atoms with Gasteiger partial charge in [0.05, 0.1) is 18.2 Å². The Balaban J connectivity index is 1.59. The molecule has 0 saturated heterocycles. The highest BCUT2D eigenvalue weighted by Gasteiger charge is 2.21. The van der Waals surface area contributed by atoms with Crippen LogP contribution in [0.2, 0.25) is 5.02 Å². The third kappa shape index (κ3) is 6.65. The molecule has 2 N–H and O–H groups in total. The van der Waals surface area contributed by atoms with Gasteiger partial charge in [-0.15, -0.1) is 0 Å². The number of anilines is 1. The first-order valence-electron chi connectivity index (χ1n) is 9.74. The molecule has 3 rings (SSSR count).